The number of hydrogen-bond donors (Lipinski definition) is 1. The Morgan fingerprint density at radius 2 is 1.89 bits per heavy atom. The van der Waals surface area contributed by atoms with Gasteiger partial charge in [0, 0.05) is 12.6 Å². The molecule has 2 unspecified atom stereocenters. The van der Waals surface area contributed by atoms with Crippen LogP contribution in [0.5, 0.6) is 0 Å². The van der Waals surface area contributed by atoms with Gasteiger partial charge in [0.1, 0.15) is 0 Å². The summed E-state index contributed by atoms with van der Waals surface area (Å²) in [5.41, 5.74) is 0. The van der Waals surface area contributed by atoms with Crippen molar-refractivity contribution in [1.29, 1.82) is 0 Å². The van der Waals surface area contributed by atoms with E-state index in [-0.39, 0.29) is 0 Å². The zero-order valence-electron chi connectivity index (χ0n) is 13.2. The molecule has 0 aromatic carbocycles. The first-order chi connectivity index (χ1) is 9.35. The third kappa shape index (κ3) is 4.46. The van der Waals surface area contributed by atoms with E-state index in [1.807, 2.05) is 0 Å². The predicted octanol–water partition coefficient (Wildman–Crippen LogP) is 3.67. The summed E-state index contributed by atoms with van der Waals surface area (Å²) in [5.74, 6) is 1.91. The standard InChI is InChI=1S/C17H34N2/c1-3-11-18-13-15-10-12-19(14-15)17(4-2)16-8-6-5-7-9-16/h15-18H,3-14H2,1-2H3. The highest BCUT2D eigenvalue weighted by atomic mass is 15.2. The van der Waals surface area contributed by atoms with E-state index in [4.69, 9.17) is 0 Å². The smallest absolute Gasteiger partial charge is 0.0121 e. The van der Waals surface area contributed by atoms with E-state index < -0.39 is 0 Å². The molecule has 0 bridgehead atoms. The lowest BCUT2D eigenvalue weighted by Gasteiger charge is -2.36. The normalized spacial score (nSPS) is 27.8. The van der Waals surface area contributed by atoms with Gasteiger partial charge in [0.2, 0.25) is 0 Å². The number of rotatable bonds is 7. The molecular formula is C17H34N2. The van der Waals surface area contributed by atoms with Crippen LogP contribution in [0.4, 0.5) is 0 Å². The molecule has 19 heavy (non-hydrogen) atoms. The molecule has 1 saturated carbocycles. The summed E-state index contributed by atoms with van der Waals surface area (Å²) in [5, 5.41) is 3.61. The predicted molar refractivity (Wildman–Crippen MR) is 83.5 cm³/mol. The van der Waals surface area contributed by atoms with Crippen molar-refractivity contribution < 1.29 is 0 Å². The lowest BCUT2D eigenvalue weighted by atomic mass is 9.82. The van der Waals surface area contributed by atoms with Gasteiger partial charge in [-0.3, -0.25) is 4.90 Å². The fourth-order valence-corrected chi connectivity index (χ4v) is 4.22. The van der Waals surface area contributed by atoms with Gasteiger partial charge >= 0.3 is 0 Å². The van der Waals surface area contributed by atoms with Crippen LogP contribution in [0.25, 0.3) is 0 Å². The van der Waals surface area contributed by atoms with E-state index in [1.165, 1.54) is 77.5 Å². The van der Waals surface area contributed by atoms with Crippen molar-refractivity contribution in [3.63, 3.8) is 0 Å². The van der Waals surface area contributed by atoms with Gasteiger partial charge in [0.25, 0.3) is 0 Å². The molecule has 0 aromatic rings. The van der Waals surface area contributed by atoms with E-state index in [0.29, 0.717) is 0 Å². The summed E-state index contributed by atoms with van der Waals surface area (Å²) < 4.78 is 0. The van der Waals surface area contributed by atoms with E-state index in [1.54, 1.807) is 0 Å². The van der Waals surface area contributed by atoms with Gasteiger partial charge in [-0.05, 0) is 63.6 Å². The van der Waals surface area contributed by atoms with Crippen LogP contribution in [0.3, 0.4) is 0 Å². The van der Waals surface area contributed by atoms with Gasteiger partial charge < -0.3 is 5.32 Å². The number of nitrogens with zero attached hydrogens (tertiary/aromatic N) is 1. The highest BCUT2D eigenvalue weighted by Gasteiger charge is 2.32. The maximum absolute atomic E-state index is 3.61. The molecule has 1 heterocycles. The molecule has 2 heteroatoms. The highest BCUT2D eigenvalue weighted by Crippen LogP contribution is 2.32. The molecule has 0 radical (unpaired) electrons. The Labute approximate surface area is 120 Å². The average Bonchev–Trinajstić information content (AvgIpc) is 2.90. The molecule has 2 fully saturated rings. The molecule has 1 aliphatic heterocycles. The molecule has 2 atom stereocenters. The molecule has 2 aliphatic rings. The van der Waals surface area contributed by atoms with E-state index >= 15 is 0 Å². The molecule has 0 aromatic heterocycles. The number of likely N-dealkylation sites (tertiary alicyclic amines) is 1. The highest BCUT2D eigenvalue weighted by molar-refractivity contribution is 4.86. The lowest BCUT2D eigenvalue weighted by molar-refractivity contribution is 0.134. The molecule has 112 valence electrons. The molecule has 1 saturated heterocycles. The molecule has 2 nitrogen and oxygen atoms in total. The van der Waals surface area contributed by atoms with Crippen LogP contribution in [0.2, 0.25) is 0 Å². The van der Waals surface area contributed by atoms with E-state index in [0.717, 1.165) is 17.9 Å². The zero-order chi connectivity index (χ0) is 13.5. The monoisotopic (exact) mass is 266 g/mol. The van der Waals surface area contributed by atoms with Crippen LogP contribution in [-0.4, -0.2) is 37.1 Å². The Balaban J connectivity index is 1.76. The molecular weight excluding hydrogens is 232 g/mol. The molecule has 0 spiro atoms. The Bertz CT molecular complexity index is 235. The summed E-state index contributed by atoms with van der Waals surface area (Å²) in [6.45, 7) is 9.80. The van der Waals surface area contributed by atoms with E-state index in [2.05, 4.69) is 24.1 Å². The largest absolute Gasteiger partial charge is 0.316 e. The second kappa shape index (κ2) is 8.26. The SMILES string of the molecule is CCCNCC1CCN(C(CC)C2CCCCC2)C1. The van der Waals surface area contributed by atoms with Crippen molar-refractivity contribution >= 4 is 0 Å². The first-order valence-electron chi connectivity index (χ1n) is 8.79. The summed E-state index contributed by atoms with van der Waals surface area (Å²) in [6, 6.07) is 0.886. The minimum atomic E-state index is 0.886. The van der Waals surface area contributed by atoms with Crippen molar-refractivity contribution in [2.45, 2.75) is 71.3 Å². The quantitative estimate of drug-likeness (QED) is 0.707. The Morgan fingerprint density at radius 1 is 1.11 bits per heavy atom. The summed E-state index contributed by atoms with van der Waals surface area (Å²) in [4.78, 5) is 2.83. The van der Waals surface area contributed by atoms with Gasteiger partial charge in [-0.15, -0.1) is 0 Å². The van der Waals surface area contributed by atoms with Crippen molar-refractivity contribution in [2.24, 2.45) is 11.8 Å². The second-order valence-corrected chi connectivity index (χ2v) is 6.73. The van der Waals surface area contributed by atoms with Gasteiger partial charge in [0.15, 0.2) is 0 Å². The fraction of sp³-hybridized carbons (Fsp3) is 1.00. The van der Waals surface area contributed by atoms with Crippen LogP contribution in [0.15, 0.2) is 0 Å². The topological polar surface area (TPSA) is 15.3 Å². The molecule has 1 N–H and O–H groups in total. The minimum Gasteiger partial charge on any atom is -0.316 e. The van der Waals surface area contributed by atoms with Crippen LogP contribution in [-0.2, 0) is 0 Å². The van der Waals surface area contributed by atoms with Crippen LogP contribution in [0, 0.1) is 11.8 Å². The zero-order valence-corrected chi connectivity index (χ0v) is 13.2. The van der Waals surface area contributed by atoms with Crippen molar-refractivity contribution in [3.8, 4) is 0 Å². The van der Waals surface area contributed by atoms with Gasteiger partial charge in [-0.1, -0.05) is 33.1 Å². The average molecular weight is 266 g/mol. The Kier molecular flexibility index (Phi) is 6.66. The first kappa shape index (κ1) is 15.3. The van der Waals surface area contributed by atoms with Crippen molar-refractivity contribution in [2.75, 3.05) is 26.2 Å². The molecule has 2 rings (SSSR count). The van der Waals surface area contributed by atoms with Crippen molar-refractivity contribution in [3.05, 3.63) is 0 Å². The maximum atomic E-state index is 3.61. The summed E-state index contributed by atoms with van der Waals surface area (Å²) in [7, 11) is 0. The molecule has 1 aliphatic carbocycles. The maximum Gasteiger partial charge on any atom is 0.0121 e. The summed E-state index contributed by atoms with van der Waals surface area (Å²) >= 11 is 0. The van der Waals surface area contributed by atoms with Gasteiger partial charge in [-0.2, -0.15) is 0 Å². The lowest BCUT2D eigenvalue weighted by Crippen LogP contribution is -2.40. The van der Waals surface area contributed by atoms with Crippen LogP contribution in [0.1, 0.15) is 65.2 Å². The first-order valence-corrected chi connectivity index (χ1v) is 8.79. The van der Waals surface area contributed by atoms with Crippen LogP contribution >= 0.6 is 0 Å². The fourth-order valence-electron chi connectivity index (χ4n) is 4.22. The Hall–Kier alpha value is -0.0800. The van der Waals surface area contributed by atoms with Gasteiger partial charge in [0.05, 0.1) is 0 Å². The summed E-state index contributed by atoms with van der Waals surface area (Å²) in [6.07, 6.45) is 11.5. The number of hydrogen-bond acceptors (Lipinski definition) is 2. The van der Waals surface area contributed by atoms with Crippen LogP contribution < -0.4 is 5.32 Å². The minimum absolute atomic E-state index is 0.886. The molecule has 0 amide bonds. The van der Waals surface area contributed by atoms with Gasteiger partial charge in [-0.25, -0.2) is 0 Å². The Morgan fingerprint density at radius 3 is 2.58 bits per heavy atom. The number of nitrogens with one attached hydrogen (secondary N) is 1. The van der Waals surface area contributed by atoms with Crippen molar-refractivity contribution in [1.82, 2.24) is 10.2 Å². The van der Waals surface area contributed by atoms with E-state index in [9.17, 15) is 0 Å². The third-order valence-electron chi connectivity index (χ3n) is 5.26. The second-order valence-electron chi connectivity index (χ2n) is 6.73. The third-order valence-corrected chi connectivity index (χ3v) is 5.26.